The fraction of sp³-hybridized carbons (Fsp3) is 0.421. The molecule has 0 aliphatic carbocycles. The summed E-state index contributed by atoms with van der Waals surface area (Å²) in [5.41, 5.74) is 3.88. The van der Waals surface area contributed by atoms with Gasteiger partial charge in [-0.3, -0.25) is 14.3 Å². The van der Waals surface area contributed by atoms with E-state index in [0.717, 1.165) is 28.9 Å². The van der Waals surface area contributed by atoms with Gasteiger partial charge in [0.25, 0.3) is 0 Å². The lowest BCUT2D eigenvalue weighted by Gasteiger charge is -2.20. The van der Waals surface area contributed by atoms with Crippen molar-refractivity contribution in [1.82, 2.24) is 9.78 Å². The van der Waals surface area contributed by atoms with E-state index in [1.54, 1.807) is 16.6 Å². The molecule has 1 saturated heterocycles. The number of aryl methyl sites for hydroxylation is 3. The third-order valence-electron chi connectivity index (χ3n) is 4.92. The summed E-state index contributed by atoms with van der Waals surface area (Å²) in [5, 5.41) is 7.26. The lowest BCUT2D eigenvalue weighted by atomic mass is 10.1. The Labute approximate surface area is 147 Å². The molecule has 3 rings (SSSR count). The van der Waals surface area contributed by atoms with Gasteiger partial charge in [-0.2, -0.15) is 5.10 Å². The Kier molecular flexibility index (Phi) is 4.61. The largest absolute Gasteiger partial charge is 0.311 e. The first kappa shape index (κ1) is 17.2. The van der Waals surface area contributed by atoms with E-state index >= 15 is 0 Å². The molecule has 2 heterocycles. The molecule has 1 aromatic carbocycles. The number of rotatable bonds is 4. The van der Waals surface area contributed by atoms with E-state index in [-0.39, 0.29) is 24.2 Å². The number of amides is 2. The number of hydrogen-bond donors (Lipinski definition) is 1. The smallest absolute Gasteiger partial charge is 0.230 e. The van der Waals surface area contributed by atoms with Gasteiger partial charge >= 0.3 is 0 Å². The van der Waals surface area contributed by atoms with Gasteiger partial charge in [0.15, 0.2) is 0 Å². The maximum Gasteiger partial charge on any atom is 0.230 e. The van der Waals surface area contributed by atoms with Crippen LogP contribution in [0.3, 0.4) is 0 Å². The Morgan fingerprint density at radius 2 is 2.04 bits per heavy atom. The Morgan fingerprint density at radius 1 is 1.32 bits per heavy atom. The van der Waals surface area contributed by atoms with Crippen LogP contribution in [0.5, 0.6) is 0 Å². The van der Waals surface area contributed by atoms with Crippen LogP contribution in [0, 0.1) is 19.8 Å². The van der Waals surface area contributed by atoms with Crippen molar-refractivity contribution < 1.29 is 9.59 Å². The highest BCUT2D eigenvalue weighted by Crippen LogP contribution is 2.29. The number of hydrogen-bond acceptors (Lipinski definition) is 3. The molecule has 1 N–H and O–H groups in total. The van der Waals surface area contributed by atoms with Crippen molar-refractivity contribution in [3.8, 4) is 0 Å². The summed E-state index contributed by atoms with van der Waals surface area (Å²) in [6, 6.07) is 7.88. The van der Waals surface area contributed by atoms with Crippen LogP contribution < -0.4 is 10.2 Å². The summed E-state index contributed by atoms with van der Waals surface area (Å²) in [5.74, 6) is 0.212. The molecule has 6 heteroatoms. The van der Waals surface area contributed by atoms with E-state index in [0.29, 0.717) is 12.4 Å². The predicted molar refractivity (Wildman–Crippen MR) is 97.6 cm³/mol. The second kappa shape index (κ2) is 6.70. The first-order valence-corrected chi connectivity index (χ1v) is 8.61. The Balaban J connectivity index is 1.77. The van der Waals surface area contributed by atoms with Gasteiger partial charge in [-0.25, -0.2) is 0 Å². The fourth-order valence-corrected chi connectivity index (χ4v) is 3.35. The van der Waals surface area contributed by atoms with Crippen LogP contribution in [-0.2, 0) is 23.1 Å². The van der Waals surface area contributed by atoms with Crippen LogP contribution >= 0.6 is 0 Å². The number of aromatic nitrogens is 2. The first-order valence-electron chi connectivity index (χ1n) is 8.61. The molecule has 0 saturated carbocycles. The molecule has 2 aromatic rings. The van der Waals surface area contributed by atoms with Crippen molar-refractivity contribution in [2.45, 2.75) is 33.6 Å². The van der Waals surface area contributed by atoms with Crippen molar-refractivity contribution >= 4 is 23.3 Å². The molecule has 1 unspecified atom stereocenters. The van der Waals surface area contributed by atoms with E-state index in [9.17, 15) is 9.59 Å². The quantitative estimate of drug-likeness (QED) is 0.930. The molecule has 0 radical (unpaired) electrons. The molecule has 1 aliphatic heterocycles. The van der Waals surface area contributed by atoms with Crippen molar-refractivity contribution in [3.63, 3.8) is 0 Å². The van der Waals surface area contributed by atoms with Crippen molar-refractivity contribution in [2.24, 2.45) is 13.0 Å². The zero-order valence-corrected chi connectivity index (χ0v) is 15.2. The molecule has 0 bridgehead atoms. The summed E-state index contributed by atoms with van der Waals surface area (Å²) in [6.07, 6.45) is 1.09. The summed E-state index contributed by atoms with van der Waals surface area (Å²) >= 11 is 0. The van der Waals surface area contributed by atoms with E-state index in [1.165, 1.54) is 0 Å². The van der Waals surface area contributed by atoms with E-state index in [1.807, 2.05) is 38.1 Å². The standard InChI is InChI=1S/C19H24N4O2/c1-5-14-8-6-7-9-16(14)23-11-15(10-17(23)24)19(25)20-18-12(2)13(3)21-22(18)4/h6-9,15H,5,10-11H2,1-4H3,(H,20,25). The zero-order valence-electron chi connectivity index (χ0n) is 15.2. The lowest BCUT2D eigenvalue weighted by molar-refractivity contribution is -0.122. The molecular weight excluding hydrogens is 316 g/mol. The maximum absolute atomic E-state index is 12.7. The minimum atomic E-state index is -0.355. The highest BCUT2D eigenvalue weighted by molar-refractivity contribution is 6.03. The average molecular weight is 340 g/mol. The number of anilines is 2. The first-order chi connectivity index (χ1) is 11.9. The van der Waals surface area contributed by atoms with Crippen molar-refractivity contribution in [2.75, 3.05) is 16.8 Å². The normalized spacial score (nSPS) is 17.2. The highest BCUT2D eigenvalue weighted by Gasteiger charge is 2.36. The van der Waals surface area contributed by atoms with Gasteiger partial charge in [0.2, 0.25) is 11.8 Å². The van der Waals surface area contributed by atoms with Crippen LogP contribution in [0.15, 0.2) is 24.3 Å². The SMILES string of the molecule is CCc1ccccc1N1CC(C(=O)Nc2c(C)c(C)nn2C)CC1=O. The summed E-state index contributed by atoms with van der Waals surface area (Å²) < 4.78 is 1.67. The molecule has 1 aliphatic rings. The van der Waals surface area contributed by atoms with Crippen molar-refractivity contribution in [1.29, 1.82) is 0 Å². The molecule has 1 atom stereocenters. The lowest BCUT2D eigenvalue weighted by Crippen LogP contribution is -2.29. The van der Waals surface area contributed by atoms with Gasteiger partial charge in [0, 0.05) is 31.3 Å². The Morgan fingerprint density at radius 3 is 2.68 bits per heavy atom. The summed E-state index contributed by atoms with van der Waals surface area (Å²) in [4.78, 5) is 26.9. The highest BCUT2D eigenvalue weighted by atomic mass is 16.2. The molecule has 1 aromatic heterocycles. The molecule has 25 heavy (non-hydrogen) atoms. The van der Waals surface area contributed by atoms with Gasteiger partial charge in [-0.1, -0.05) is 25.1 Å². The van der Waals surface area contributed by atoms with Gasteiger partial charge in [0.1, 0.15) is 5.82 Å². The second-order valence-electron chi connectivity index (χ2n) is 6.56. The molecule has 1 fully saturated rings. The summed E-state index contributed by atoms with van der Waals surface area (Å²) in [7, 11) is 1.80. The minimum Gasteiger partial charge on any atom is -0.311 e. The summed E-state index contributed by atoms with van der Waals surface area (Å²) in [6.45, 7) is 6.32. The molecule has 2 amide bonds. The van der Waals surface area contributed by atoms with Gasteiger partial charge in [-0.15, -0.1) is 0 Å². The number of carbonyl (C=O) groups excluding carboxylic acids is 2. The van der Waals surface area contributed by atoms with Crippen LogP contribution in [0.25, 0.3) is 0 Å². The molecule has 0 spiro atoms. The number of carbonyl (C=O) groups is 2. The van der Waals surface area contributed by atoms with Crippen LogP contribution in [0.1, 0.15) is 30.2 Å². The fourth-order valence-electron chi connectivity index (χ4n) is 3.35. The average Bonchev–Trinajstić information content (AvgIpc) is 3.10. The van der Waals surface area contributed by atoms with Gasteiger partial charge in [0.05, 0.1) is 11.6 Å². The van der Waals surface area contributed by atoms with Crippen molar-refractivity contribution in [3.05, 3.63) is 41.1 Å². The third-order valence-corrected chi connectivity index (χ3v) is 4.92. The molecular formula is C19H24N4O2. The number of nitrogens with one attached hydrogen (secondary N) is 1. The molecule has 132 valence electrons. The minimum absolute atomic E-state index is 0.000964. The maximum atomic E-state index is 12.7. The zero-order chi connectivity index (χ0) is 18.1. The monoisotopic (exact) mass is 340 g/mol. The van der Waals surface area contributed by atoms with E-state index in [2.05, 4.69) is 17.3 Å². The number of para-hydroxylation sites is 1. The van der Waals surface area contributed by atoms with E-state index in [4.69, 9.17) is 0 Å². The van der Waals surface area contributed by atoms with Gasteiger partial charge in [-0.05, 0) is 31.9 Å². The topological polar surface area (TPSA) is 67.2 Å². The Bertz CT molecular complexity index is 825. The Hall–Kier alpha value is -2.63. The second-order valence-corrected chi connectivity index (χ2v) is 6.56. The van der Waals surface area contributed by atoms with Crippen LogP contribution in [0.2, 0.25) is 0 Å². The van der Waals surface area contributed by atoms with Gasteiger partial charge < -0.3 is 10.2 Å². The van der Waals surface area contributed by atoms with Crippen LogP contribution in [0.4, 0.5) is 11.5 Å². The van der Waals surface area contributed by atoms with Crippen LogP contribution in [-0.4, -0.2) is 28.1 Å². The molecule has 6 nitrogen and oxygen atoms in total. The predicted octanol–water partition coefficient (Wildman–Crippen LogP) is 2.59. The third kappa shape index (κ3) is 3.16. The number of nitrogens with zero attached hydrogens (tertiary/aromatic N) is 3. The van der Waals surface area contributed by atoms with E-state index < -0.39 is 0 Å². The number of benzene rings is 1.